The van der Waals surface area contributed by atoms with Crippen molar-refractivity contribution in [2.75, 3.05) is 18.8 Å². The summed E-state index contributed by atoms with van der Waals surface area (Å²) in [5.41, 5.74) is 2.19. The van der Waals surface area contributed by atoms with E-state index in [9.17, 15) is 8.42 Å². The van der Waals surface area contributed by atoms with Crippen LogP contribution in [-0.4, -0.2) is 43.5 Å². The zero-order valence-electron chi connectivity index (χ0n) is 12.6. The zero-order valence-corrected chi connectivity index (χ0v) is 13.4. The second-order valence-electron chi connectivity index (χ2n) is 5.30. The Morgan fingerprint density at radius 3 is 2.65 bits per heavy atom. The Hall–Kier alpha value is -0.920. The predicted molar refractivity (Wildman–Crippen MR) is 81.2 cm³/mol. The van der Waals surface area contributed by atoms with E-state index in [0.717, 1.165) is 30.6 Å². The molecule has 6 nitrogen and oxygen atoms in total. The number of rotatable bonds is 10. The molecule has 1 aromatic heterocycles. The normalized spacial score (nSPS) is 12.2. The SMILES string of the molecule is Cc1[nH]ncc1CCCNS(=O)(=O)CCCNC(C)C. The van der Waals surface area contributed by atoms with E-state index < -0.39 is 10.0 Å². The van der Waals surface area contributed by atoms with E-state index in [1.54, 1.807) is 6.20 Å². The van der Waals surface area contributed by atoms with Gasteiger partial charge in [0.2, 0.25) is 10.0 Å². The Bertz CT molecular complexity index is 482. The van der Waals surface area contributed by atoms with E-state index in [2.05, 4.69) is 20.2 Å². The highest BCUT2D eigenvalue weighted by atomic mass is 32.2. The number of aromatic amines is 1. The molecule has 1 rings (SSSR count). The van der Waals surface area contributed by atoms with E-state index in [0.29, 0.717) is 19.0 Å². The molecular formula is C13H26N4O2S. The quantitative estimate of drug-likeness (QED) is 0.562. The first-order chi connectivity index (χ1) is 9.41. The summed E-state index contributed by atoms with van der Waals surface area (Å²) in [7, 11) is -3.14. The van der Waals surface area contributed by atoms with Gasteiger partial charge in [-0.2, -0.15) is 5.10 Å². The zero-order chi connectivity index (χ0) is 15.0. The molecule has 20 heavy (non-hydrogen) atoms. The van der Waals surface area contributed by atoms with E-state index >= 15 is 0 Å². The molecule has 1 heterocycles. The van der Waals surface area contributed by atoms with E-state index in [-0.39, 0.29) is 5.75 Å². The van der Waals surface area contributed by atoms with Gasteiger partial charge in [0.15, 0.2) is 0 Å². The van der Waals surface area contributed by atoms with Crippen LogP contribution in [0.4, 0.5) is 0 Å². The molecule has 0 fully saturated rings. The molecule has 0 saturated heterocycles. The highest BCUT2D eigenvalue weighted by molar-refractivity contribution is 7.89. The first-order valence-corrected chi connectivity index (χ1v) is 8.75. The number of hydrogen-bond donors (Lipinski definition) is 3. The van der Waals surface area contributed by atoms with Gasteiger partial charge < -0.3 is 5.32 Å². The summed E-state index contributed by atoms with van der Waals surface area (Å²) in [5, 5.41) is 10.0. The summed E-state index contributed by atoms with van der Waals surface area (Å²) < 4.78 is 26.1. The highest BCUT2D eigenvalue weighted by Crippen LogP contribution is 2.05. The molecule has 0 atom stereocenters. The smallest absolute Gasteiger partial charge is 0.211 e. The number of nitrogens with one attached hydrogen (secondary N) is 3. The van der Waals surface area contributed by atoms with Gasteiger partial charge in [-0.1, -0.05) is 13.8 Å². The van der Waals surface area contributed by atoms with Crippen LogP contribution in [0.5, 0.6) is 0 Å². The van der Waals surface area contributed by atoms with Gasteiger partial charge >= 0.3 is 0 Å². The molecule has 7 heteroatoms. The van der Waals surface area contributed by atoms with Gasteiger partial charge in [0, 0.05) is 18.3 Å². The first kappa shape index (κ1) is 17.1. The van der Waals surface area contributed by atoms with Crippen molar-refractivity contribution < 1.29 is 8.42 Å². The molecule has 0 aliphatic heterocycles. The fraction of sp³-hybridized carbons (Fsp3) is 0.769. The van der Waals surface area contributed by atoms with Crippen molar-refractivity contribution in [2.24, 2.45) is 0 Å². The van der Waals surface area contributed by atoms with Crippen LogP contribution in [0, 0.1) is 6.92 Å². The number of aromatic nitrogens is 2. The predicted octanol–water partition coefficient (Wildman–Crippen LogP) is 0.958. The second kappa shape index (κ2) is 8.39. The molecule has 0 spiro atoms. The minimum Gasteiger partial charge on any atom is -0.314 e. The third-order valence-electron chi connectivity index (χ3n) is 3.02. The summed E-state index contributed by atoms with van der Waals surface area (Å²) >= 11 is 0. The fourth-order valence-electron chi connectivity index (χ4n) is 1.86. The fourth-order valence-corrected chi connectivity index (χ4v) is 2.98. The number of sulfonamides is 1. The monoisotopic (exact) mass is 302 g/mol. The van der Waals surface area contributed by atoms with Crippen molar-refractivity contribution in [2.45, 2.75) is 46.1 Å². The number of H-pyrrole nitrogens is 1. The Balaban J connectivity index is 2.15. The van der Waals surface area contributed by atoms with Gasteiger partial charge in [-0.25, -0.2) is 13.1 Å². The van der Waals surface area contributed by atoms with Crippen LogP contribution in [0.15, 0.2) is 6.20 Å². The highest BCUT2D eigenvalue weighted by Gasteiger charge is 2.09. The molecule has 0 radical (unpaired) electrons. The van der Waals surface area contributed by atoms with E-state index in [4.69, 9.17) is 0 Å². The molecule has 0 aromatic carbocycles. The Morgan fingerprint density at radius 2 is 2.05 bits per heavy atom. The summed E-state index contributed by atoms with van der Waals surface area (Å²) in [6.45, 7) is 7.26. The van der Waals surface area contributed by atoms with Gasteiger partial charge in [0.05, 0.1) is 11.9 Å². The average molecular weight is 302 g/mol. The molecule has 3 N–H and O–H groups in total. The molecule has 0 saturated carbocycles. The lowest BCUT2D eigenvalue weighted by Crippen LogP contribution is -2.30. The van der Waals surface area contributed by atoms with Crippen molar-refractivity contribution in [3.8, 4) is 0 Å². The van der Waals surface area contributed by atoms with Crippen LogP contribution in [0.25, 0.3) is 0 Å². The Labute approximate surface area is 121 Å². The largest absolute Gasteiger partial charge is 0.314 e. The molecule has 0 unspecified atom stereocenters. The minimum atomic E-state index is -3.14. The lowest BCUT2D eigenvalue weighted by Gasteiger charge is -2.09. The second-order valence-corrected chi connectivity index (χ2v) is 7.23. The lowest BCUT2D eigenvalue weighted by molar-refractivity contribution is 0.559. The minimum absolute atomic E-state index is 0.178. The first-order valence-electron chi connectivity index (χ1n) is 7.10. The summed E-state index contributed by atoms with van der Waals surface area (Å²) in [6.07, 6.45) is 4.04. The van der Waals surface area contributed by atoms with Gasteiger partial charge in [0.25, 0.3) is 0 Å². The van der Waals surface area contributed by atoms with E-state index in [1.165, 1.54) is 0 Å². The van der Waals surface area contributed by atoms with Crippen molar-refractivity contribution >= 4 is 10.0 Å². The molecule has 0 aliphatic carbocycles. The third kappa shape index (κ3) is 7.02. The standard InChI is InChI=1S/C13H26N4O2S/c1-11(2)14-7-5-9-20(18,19)16-8-4-6-13-10-15-17-12(13)3/h10-11,14,16H,4-9H2,1-3H3,(H,15,17). The summed E-state index contributed by atoms with van der Waals surface area (Å²) in [5.74, 6) is 0.178. The van der Waals surface area contributed by atoms with Crippen molar-refractivity contribution in [3.63, 3.8) is 0 Å². The van der Waals surface area contributed by atoms with Gasteiger partial charge in [-0.05, 0) is 38.3 Å². The number of aryl methyl sites for hydroxylation is 2. The van der Waals surface area contributed by atoms with Gasteiger partial charge in [0.1, 0.15) is 0 Å². The molecule has 116 valence electrons. The topological polar surface area (TPSA) is 86.9 Å². The maximum atomic E-state index is 11.7. The van der Waals surface area contributed by atoms with Crippen LogP contribution in [-0.2, 0) is 16.4 Å². The van der Waals surface area contributed by atoms with Crippen molar-refractivity contribution in [1.82, 2.24) is 20.2 Å². The van der Waals surface area contributed by atoms with Crippen molar-refractivity contribution in [1.29, 1.82) is 0 Å². The van der Waals surface area contributed by atoms with Crippen molar-refractivity contribution in [3.05, 3.63) is 17.5 Å². The number of nitrogens with zero attached hydrogens (tertiary/aromatic N) is 1. The van der Waals surface area contributed by atoms with E-state index in [1.807, 2.05) is 20.8 Å². The molecule has 0 aliphatic rings. The Morgan fingerprint density at radius 1 is 1.30 bits per heavy atom. The van der Waals surface area contributed by atoms with Gasteiger partial charge in [-0.15, -0.1) is 0 Å². The molecule has 1 aromatic rings. The maximum absolute atomic E-state index is 11.7. The summed E-state index contributed by atoms with van der Waals surface area (Å²) in [4.78, 5) is 0. The average Bonchev–Trinajstić information content (AvgIpc) is 2.76. The van der Waals surface area contributed by atoms with Crippen LogP contribution in [0.2, 0.25) is 0 Å². The van der Waals surface area contributed by atoms with Crippen LogP contribution >= 0.6 is 0 Å². The number of hydrogen-bond acceptors (Lipinski definition) is 4. The van der Waals surface area contributed by atoms with Crippen LogP contribution in [0.3, 0.4) is 0 Å². The van der Waals surface area contributed by atoms with Gasteiger partial charge in [-0.3, -0.25) is 5.10 Å². The maximum Gasteiger partial charge on any atom is 0.211 e. The molecule has 0 bridgehead atoms. The molecule has 0 amide bonds. The summed E-state index contributed by atoms with van der Waals surface area (Å²) in [6, 6.07) is 0.392. The Kier molecular flexibility index (Phi) is 7.18. The third-order valence-corrected chi connectivity index (χ3v) is 4.49. The lowest BCUT2D eigenvalue weighted by atomic mass is 10.1. The molecular weight excluding hydrogens is 276 g/mol. The van der Waals surface area contributed by atoms with Crippen LogP contribution < -0.4 is 10.0 Å². The van der Waals surface area contributed by atoms with Crippen LogP contribution in [0.1, 0.15) is 37.9 Å².